The van der Waals surface area contributed by atoms with E-state index in [0.717, 1.165) is 0 Å². The summed E-state index contributed by atoms with van der Waals surface area (Å²) in [4.78, 5) is 0. The lowest BCUT2D eigenvalue weighted by atomic mass is 10.2. The number of sulfone groups is 1. The second-order valence-corrected chi connectivity index (χ2v) is 5.84. The number of hydrogen-bond donors (Lipinski definition) is 1. The molecule has 1 aliphatic carbocycles. The van der Waals surface area contributed by atoms with Crippen LogP contribution in [0, 0.1) is 0 Å². The summed E-state index contributed by atoms with van der Waals surface area (Å²) in [6, 6.07) is 0.607. The Labute approximate surface area is 79.1 Å². The molecule has 1 atom stereocenters. The summed E-state index contributed by atoms with van der Waals surface area (Å²) < 4.78 is 22.2. The average molecular weight is 201 g/mol. The largest absolute Gasteiger partial charge is 0.307 e. The van der Waals surface area contributed by atoms with Crippen LogP contribution in [0.5, 0.6) is 0 Å². The first-order chi connectivity index (χ1) is 6.16. The van der Waals surface area contributed by atoms with Gasteiger partial charge < -0.3 is 5.32 Å². The summed E-state index contributed by atoms with van der Waals surface area (Å²) in [6.45, 7) is 0. The van der Waals surface area contributed by atoms with Crippen molar-refractivity contribution in [2.24, 2.45) is 0 Å². The zero-order valence-electron chi connectivity index (χ0n) is 7.57. The van der Waals surface area contributed by atoms with E-state index in [0.29, 0.717) is 6.04 Å². The van der Waals surface area contributed by atoms with Gasteiger partial charge in [-0.05, 0) is 12.8 Å². The molecule has 0 aromatic heterocycles. The molecule has 0 amide bonds. The Balaban J connectivity index is 1.87. The van der Waals surface area contributed by atoms with E-state index in [1.54, 1.807) is 6.08 Å². The molecule has 13 heavy (non-hydrogen) atoms. The van der Waals surface area contributed by atoms with Gasteiger partial charge in [0.2, 0.25) is 0 Å². The van der Waals surface area contributed by atoms with E-state index in [-0.39, 0.29) is 11.8 Å². The molecule has 0 aromatic carbocycles. The van der Waals surface area contributed by atoms with E-state index in [1.165, 1.54) is 31.1 Å². The maximum atomic E-state index is 11.1. The van der Waals surface area contributed by atoms with E-state index in [4.69, 9.17) is 0 Å². The van der Waals surface area contributed by atoms with Gasteiger partial charge in [-0.2, -0.15) is 0 Å². The Morgan fingerprint density at radius 3 is 2.46 bits per heavy atom. The Morgan fingerprint density at radius 1 is 1.23 bits per heavy atom. The van der Waals surface area contributed by atoms with Crippen molar-refractivity contribution >= 4 is 9.84 Å². The smallest absolute Gasteiger partial charge is 0.173 e. The zero-order chi connectivity index (χ0) is 9.31. The van der Waals surface area contributed by atoms with Crippen LogP contribution in [0.3, 0.4) is 0 Å². The fourth-order valence-corrected chi connectivity index (χ4v) is 3.32. The van der Waals surface area contributed by atoms with Gasteiger partial charge >= 0.3 is 0 Å². The molecule has 1 saturated carbocycles. The Morgan fingerprint density at radius 2 is 1.92 bits per heavy atom. The highest BCUT2D eigenvalue weighted by atomic mass is 32.2. The molecule has 1 N–H and O–H groups in total. The molecule has 4 heteroatoms. The Bertz CT molecular complexity index is 302. The molecule has 1 fully saturated rings. The predicted molar refractivity (Wildman–Crippen MR) is 52.1 cm³/mol. The standard InChI is InChI=1S/C9H15NO2S/c11-13(12)6-5-9(7-13)10-8-3-1-2-4-8/h5-6,8-10H,1-4,7H2. The van der Waals surface area contributed by atoms with Crippen LogP contribution in [0.4, 0.5) is 0 Å². The van der Waals surface area contributed by atoms with Crippen molar-refractivity contribution in [3.05, 3.63) is 11.5 Å². The van der Waals surface area contributed by atoms with Crippen LogP contribution < -0.4 is 5.32 Å². The lowest BCUT2D eigenvalue weighted by molar-refractivity contribution is 0.496. The lowest BCUT2D eigenvalue weighted by Crippen LogP contribution is -2.37. The van der Waals surface area contributed by atoms with E-state index >= 15 is 0 Å². The maximum absolute atomic E-state index is 11.1. The van der Waals surface area contributed by atoms with Crippen molar-refractivity contribution in [3.8, 4) is 0 Å². The molecule has 0 aromatic rings. The van der Waals surface area contributed by atoms with Crippen LogP contribution in [0.2, 0.25) is 0 Å². The normalized spacial score (nSPS) is 32.8. The summed E-state index contributed by atoms with van der Waals surface area (Å²) in [5.41, 5.74) is 0. The van der Waals surface area contributed by atoms with Gasteiger partial charge in [0.1, 0.15) is 0 Å². The highest BCUT2D eigenvalue weighted by Gasteiger charge is 2.24. The third-order valence-electron chi connectivity index (χ3n) is 2.74. The van der Waals surface area contributed by atoms with Crippen LogP contribution in [-0.2, 0) is 9.84 Å². The molecule has 0 saturated heterocycles. The molecule has 0 bridgehead atoms. The predicted octanol–water partition coefficient (Wildman–Crippen LogP) is 0.829. The topological polar surface area (TPSA) is 46.2 Å². The Kier molecular flexibility index (Phi) is 2.43. The molecule has 1 unspecified atom stereocenters. The SMILES string of the molecule is O=S1(=O)C=CC(NC2CCCC2)C1. The van der Waals surface area contributed by atoms with Crippen LogP contribution in [0.25, 0.3) is 0 Å². The van der Waals surface area contributed by atoms with Crippen LogP contribution in [-0.4, -0.2) is 26.3 Å². The van der Waals surface area contributed by atoms with Gasteiger partial charge in [-0.1, -0.05) is 18.9 Å². The number of hydrogen-bond acceptors (Lipinski definition) is 3. The molecule has 1 aliphatic heterocycles. The highest BCUT2D eigenvalue weighted by molar-refractivity contribution is 7.94. The van der Waals surface area contributed by atoms with E-state index in [9.17, 15) is 8.42 Å². The minimum Gasteiger partial charge on any atom is -0.307 e. The fraction of sp³-hybridized carbons (Fsp3) is 0.778. The first kappa shape index (κ1) is 9.21. The number of rotatable bonds is 2. The minimum absolute atomic E-state index is 0.0631. The minimum atomic E-state index is -2.88. The molecule has 0 spiro atoms. The third-order valence-corrected chi connectivity index (χ3v) is 4.13. The van der Waals surface area contributed by atoms with E-state index < -0.39 is 9.84 Å². The second kappa shape index (κ2) is 3.42. The molecule has 3 nitrogen and oxygen atoms in total. The van der Waals surface area contributed by atoms with Crippen molar-refractivity contribution in [1.29, 1.82) is 0 Å². The summed E-state index contributed by atoms with van der Waals surface area (Å²) in [5.74, 6) is 0.253. The Hall–Kier alpha value is -0.350. The molecular weight excluding hydrogens is 186 g/mol. The van der Waals surface area contributed by atoms with Gasteiger partial charge in [0.25, 0.3) is 0 Å². The quantitative estimate of drug-likeness (QED) is 0.720. The lowest BCUT2D eigenvalue weighted by Gasteiger charge is -2.15. The van der Waals surface area contributed by atoms with Crippen molar-refractivity contribution in [3.63, 3.8) is 0 Å². The van der Waals surface area contributed by atoms with Gasteiger partial charge in [0.15, 0.2) is 9.84 Å². The van der Waals surface area contributed by atoms with Gasteiger partial charge in [0.05, 0.1) is 5.75 Å². The molecule has 74 valence electrons. The number of nitrogens with one attached hydrogen (secondary N) is 1. The summed E-state index contributed by atoms with van der Waals surface area (Å²) in [7, 11) is -2.88. The molecule has 2 rings (SSSR count). The first-order valence-electron chi connectivity index (χ1n) is 4.83. The van der Waals surface area contributed by atoms with Gasteiger partial charge in [-0.25, -0.2) is 8.42 Å². The van der Waals surface area contributed by atoms with Crippen LogP contribution in [0.15, 0.2) is 11.5 Å². The van der Waals surface area contributed by atoms with Crippen molar-refractivity contribution in [1.82, 2.24) is 5.32 Å². The fourth-order valence-electron chi connectivity index (χ4n) is 2.07. The summed E-state index contributed by atoms with van der Waals surface area (Å²) in [5, 5.41) is 4.70. The van der Waals surface area contributed by atoms with Crippen molar-refractivity contribution in [2.45, 2.75) is 37.8 Å². The van der Waals surface area contributed by atoms with Crippen LogP contribution >= 0.6 is 0 Å². The molecule has 0 radical (unpaired) electrons. The van der Waals surface area contributed by atoms with Crippen LogP contribution in [0.1, 0.15) is 25.7 Å². The van der Waals surface area contributed by atoms with E-state index in [1.807, 2.05) is 0 Å². The maximum Gasteiger partial charge on any atom is 0.173 e. The van der Waals surface area contributed by atoms with E-state index in [2.05, 4.69) is 5.32 Å². The monoisotopic (exact) mass is 201 g/mol. The summed E-state index contributed by atoms with van der Waals surface area (Å²) >= 11 is 0. The van der Waals surface area contributed by atoms with Gasteiger partial charge in [0, 0.05) is 17.5 Å². The molecular formula is C9H15NO2S. The zero-order valence-corrected chi connectivity index (χ0v) is 8.39. The molecule has 2 aliphatic rings. The van der Waals surface area contributed by atoms with Gasteiger partial charge in [-0.15, -0.1) is 0 Å². The van der Waals surface area contributed by atoms with Gasteiger partial charge in [-0.3, -0.25) is 0 Å². The van der Waals surface area contributed by atoms with Crippen molar-refractivity contribution < 1.29 is 8.42 Å². The van der Waals surface area contributed by atoms with Crippen molar-refractivity contribution in [2.75, 3.05) is 5.75 Å². The average Bonchev–Trinajstić information content (AvgIpc) is 2.61. The molecule has 1 heterocycles. The first-order valence-corrected chi connectivity index (χ1v) is 6.54. The highest BCUT2D eigenvalue weighted by Crippen LogP contribution is 2.19. The summed E-state index contributed by atoms with van der Waals surface area (Å²) in [6.07, 6.45) is 6.73. The second-order valence-electron chi connectivity index (χ2n) is 3.91. The third kappa shape index (κ3) is 2.31.